The third kappa shape index (κ3) is 1.57. The van der Waals surface area contributed by atoms with E-state index in [4.69, 9.17) is 0 Å². The number of amides is 1. The highest BCUT2D eigenvalue weighted by Gasteiger charge is 2.36. The fraction of sp³-hybridized carbons (Fsp3) is 0.364. The van der Waals surface area contributed by atoms with Crippen molar-refractivity contribution in [1.29, 1.82) is 0 Å². The van der Waals surface area contributed by atoms with Crippen molar-refractivity contribution >= 4 is 11.6 Å². The molecule has 4 heteroatoms. The van der Waals surface area contributed by atoms with Crippen LogP contribution in [0.4, 0.5) is 5.69 Å². The molecule has 3 N–H and O–H groups in total. The lowest BCUT2D eigenvalue weighted by Gasteiger charge is -2.39. The Hall–Kier alpha value is -1.55. The lowest BCUT2D eigenvalue weighted by molar-refractivity contribution is 0.0711. The summed E-state index contributed by atoms with van der Waals surface area (Å²) in [5.74, 6) is -0.159. The van der Waals surface area contributed by atoms with Crippen molar-refractivity contribution in [3.8, 4) is 0 Å². The highest BCUT2D eigenvalue weighted by atomic mass is 16.3. The minimum Gasteiger partial charge on any atom is -0.389 e. The number of benzene rings is 1. The Kier molecular flexibility index (Phi) is 2.16. The average molecular weight is 206 g/mol. The molecule has 0 aromatic heterocycles. The maximum Gasteiger partial charge on any atom is 0.255 e. The standard InChI is InChI=1S/C11H14N2O2/c1-7(14)11(2)12-9-6-4-3-5-8(9)10(15)13-11/h3-7,12,14H,1-2H3,(H,13,15)/t7-,11-/m0/s1. The maximum atomic E-state index is 11.7. The number of nitrogens with one attached hydrogen (secondary N) is 2. The number of aliphatic hydroxyl groups excluding tert-OH is 1. The molecule has 4 nitrogen and oxygen atoms in total. The zero-order valence-corrected chi connectivity index (χ0v) is 8.74. The van der Waals surface area contributed by atoms with Crippen LogP contribution in [-0.4, -0.2) is 22.8 Å². The van der Waals surface area contributed by atoms with Crippen molar-refractivity contribution < 1.29 is 9.90 Å². The predicted octanol–water partition coefficient (Wildman–Crippen LogP) is 0.939. The number of fused-ring (bicyclic) bond motifs is 1. The first-order valence-corrected chi connectivity index (χ1v) is 4.91. The molecule has 0 spiro atoms. The van der Waals surface area contributed by atoms with Crippen LogP contribution in [0.25, 0.3) is 0 Å². The van der Waals surface area contributed by atoms with E-state index in [0.717, 1.165) is 5.69 Å². The first-order valence-electron chi connectivity index (χ1n) is 4.91. The third-order valence-corrected chi connectivity index (χ3v) is 2.77. The minimum atomic E-state index is -0.800. The van der Waals surface area contributed by atoms with Gasteiger partial charge in [-0.25, -0.2) is 0 Å². The second-order valence-electron chi connectivity index (χ2n) is 4.00. The Morgan fingerprint density at radius 2 is 2.00 bits per heavy atom. The molecule has 0 saturated heterocycles. The normalized spacial score (nSPS) is 26.2. The second kappa shape index (κ2) is 3.24. The highest BCUT2D eigenvalue weighted by Crippen LogP contribution is 2.25. The molecule has 0 saturated carbocycles. The average Bonchev–Trinajstić information content (AvgIpc) is 2.17. The summed E-state index contributed by atoms with van der Waals surface area (Å²) >= 11 is 0. The number of aliphatic hydroxyl groups is 1. The van der Waals surface area contributed by atoms with Crippen molar-refractivity contribution in [3.05, 3.63) is 29.8 Å². The number of anilines is 1. The molecule has 0 radical (unpaired) electrons. The zero-order chi connectivity index (χ0) is 11.1. The molecule has 80 valence electrons. The lowest BCUT2D eigenvalue weighted by atomic mass is 10.00. The fourth-order valence-electron chi connectivity index (χ4n) is 1.61. The molecule has 1 aliphatic heterocycles. The van der Waals surface area contributed by atoms with E-state index in [1.165, 1.54) is 0 Å². The SMILES string of the molecule is C[C@H](O)[C@]1(C)NC(=O)c2ccccc2N1. The Morgan fingerprint density at radius 3 is 2.67 bits per heavy atom. The molecule has 2 rings (SSSR count). The fourth-order valence-corrected chi connectivity index (χ4v) is 1.61. The summed E-state index contributed by atoms with van der Waals surface area (Å²) in [5.41, 5.74) is 0.561. The van der Waals surface area contributed by atoms with Gasteiger partial charge in [-0.3, -0.25) is 4.79 Å². The van der Waals surface area contributed by atoms with Gasteiger partial charge >= 0.3 is 0 Å². The van der Waals surface area contributed by atoms with Crippen molar-refractivity contribution in [2.24, 2.45) is 0 Å². The van der Waals surface area contributed by atoms with E-state index >= 15 is 0 Å². The number of hydrogen-bond donors (Lipinski definition) is 3. The van der Waals surface area contributed by atoms with Crippen molar-refractivity contribution in [2.75, 3.05) is 5.32 Å². The Morgan fingerprint density at radius 1 is 1.33 bits per heavy atom. The largest absolute Gasteiger partial charge is 0.389 e. The molecule has 1 aromatic rings. The number of carbonyl (C=O) groups excluding carboxylic acids is 1. The minimum absolute atomic E-state index is 0.159. The summed E-state index contributed by atoms with van der Waals surface area (Å²) < 4.78 is 0. The van der Waals surface area contributed by atoms with Gasteiger partial charge in [-0.2, -0.15) is 0 Å². The molecule has 1 aromatic carbocycles. The highest BCUT2D eigenvalue weighted by molar-refractivity contribution is 6.02. The van der Waals surface area contributed by atoms with E-state index in [2.05, 4.69) is 10.6 Å². The zero-order valence-electron chi connectivity index (χ0n) is 8.74. The Bertz CT molecular complexity index is 403. The summed E-state index contributed by atoms with van der Waals surface area (Å²) in [6.45, 7) is 3.40. The van der Waals surface area contributed by atoms with Gasteiger partial charge in [-0.15, -0.1) is 0 Å². The quantitative estimate of drug-likeness (QED) is 0.640. The van der Waals surface area contributed by atoms with Gasteiger partial charge in [0.2, 0.25) is 0 Å². The van der Waals surface area contributed by atoms with Crippen LogP contribution >= 0.6 is 0 Å². The molecule has 0 bridgehead atoms. The van der Waals surface area contributed by atoms with E-state index < -0.39 is 11.8 Å². The van der Waals surface area contributed by atoms with E-state index in [1.54, 1.807) is 19.9 Å². The molecule has 1 heterocycles. The van der Waals surface area contributed by atoms with Crippen molar-refractivity contribution in [2.45, 2.75) is 25.6 Å². The summed E-state index contributed by atoms with van der Waals surface area (Å²) in [6, 6.07) is 7.24. The van der Waals surface area contributed by atoms with Gasteiger partial charge in [-0.1, -0.05) is 12.1 Å². The predicted molar refractivity (Wildman–Crippen MR) is 57.6 cm³/mol. The molecule has 1 amide bonds. The lowest BCUT2D eigenvalue weighted by Crippen LogP contribution is -2.61. The van der Waals surface area contributed by atoms with E-state index in [-0.39, 0.29) is 5.91 Å². The topological polar surface area (TPSA) is 61.4 Å². The monoisotopic (exact) mass is 206 g/mol. The first-order chi connectivity index (χ1) is 7.03. The van der Waals surface area contributed by atoms with Gasteiger partial charge in [0.25, 0.3) is 5.91 Å². The first kappa shape index (κ1) is 9.98. The summed E-state index contributed by atoms with van der Waals surface area (Å²) in [6.07, 6.45) is -0.671. The van der Waals surface area contributed by atoms with Crippen LogP contribution in [0.1, 0.15) is 24.2 Å². The molecular formula is C11H14N2O2. The maximum absolute atomic E-state index is 11.7. The van der Waals surface area contributed by atoms with Gasteiger partial charge in [0, 0.05) is 5.69 Å². The summed E-state index contributed by atoms with van der Waals surface area (Å²) in [5, 5.41) is 15.5. The van der Waals surface area contributed by atoms with Crippen LogP contribution in [0.15, 0.2) is 24.3 Å². The summed E-state index contributed by atoms with van der Waals surface area (Å²) in [7, 11) is 0. The van der Waals surface area contributed by atoms with Gasteiger partial charge in [0.05, 0.1) is 11.7 Å². The van der Waals surface area contributed by atoms with Crippen LogP contribution in [0.2, 0.25) is 0 Å². The molecule has 15 heavy (non-hydrogen) atoms. The molecule has 2 atom stereocenters. The summed E-state index contributed by atoms with van der Waals surface area (Å²) in [4.78, 5) is 11.7. The number of rotatable bonds is 1. The van der Waals surface area contributed by atoms with Gasteiger partial charge in [-0.05, 0) is 26.0 Å². The van der Waals surface area contributed by atoms with Crippen LogP contribution in [0.5, 0.6) is 0 Å². The van der Waals surface area contributed by atoms with Crippen LogP contribution in [0, 0.1) is 0 Å². The number of hydrogen-bond acceptors (Lipinski definition) is 3. The third-order valence-electron chi connectivity index (χ3n) is 2.77. The van der Waals surface area contributed by atoms with Gasteiger partial charge in [0.15, 0.2) is 0 Å². The second-order valence-corrected chi connectivity index (χ2v) is 4.00. The Labute approximate surface area is 88.3 Å². The molecule has 1 aliphatic rings. The Balaban J connectivity index is 2.42. The van der Waals surface area contributed by atoms with Crippen molar-refractivity contribution in [3.63, 3.8) is 0 Å². The van der Waals surface area contributed by atoms with Gasteiger partial charge < -0.3 is 15.7 Å². The van der Waals surface area contributed by atoms with Crippen LogP contribution in [-0.2, 0) is 0 Å². The van der Waals surface area contributed by atoms with Crippen molar-refractivity contribution in [1.82, 2.24) is 5.32 Å². The molecule has 0 aliphatic carbocycles. The van der Waals surface area contributed by atoms with Crippen LogP contribution in [0.3, 0.4) is 0 Å². The number of para-hydroxylation sites is 1. The molecular weight excluding hydrogens is 192 g/mol. The molecule has 0 fully saturated rings. The van der Waals surface area contributed by atoms with E-state index in [9.17, 15) is 9.90 Å². The molecule has 0 unspecified atom stereocenters. The van der Waals surface area contributed by atoms with Gasteiger partial charge in [0.1, 0.15) is 5.66 Å². The van der Waals surface area contributed by atoms with Crippen LogP contribution < -0.4 is 10.6 Å². The van der Waals surface area contributed by atoms with E-state index in [0.29, 0.717) is 5.56 Å². The smallest absolute Gasteiger partial charge is 0.255 e. The van der Waals surface area contributed by atoms with E-state index in [1.807, 2.05) is 18.2 Å². The number of carbonyl (C=O) groups is 1.